The molecule has 24 heavy (non-hydrogen) atoms. The quantitative estimate of drug-likeness (QED) is 0.856. The third kappa shape index (κ3) is 4.94. The molecule has 2 heterocycles. The van der Waals surface area contributed by atoms with Gasteiger partial charge >= 0.3 is 6.18 Å². The maximum absolute atomic E-state index is 13.0. The Morgan fingerprint density at radius 3 is 2.33 bits per heavy atom. The van der Waals surface area contributed by atoms with Crippen LogP contribution >= 0.6 is 0 Å². The molecule has 2 rings (SSSR count). The molecule has 1 fully saturated rings. The molecule has 0 radical (unpaired) electrons. The lowest BCUT2D eigenvalue weighted by molar-refractivity contribution is -0.141. The normalized spacial score (nSPS) is 17.2. The van der Waals surface area contributed by atoms with Gasteiger partial charge in [0.1, 0.15) is 5.82 Å². The number of primary sulfonamides is 1. The van der Waals surface area contributed by atoms with E-state index in [1.165, 1.54) is 4.90 Å². The fourth-order valence-electron chi connectivity index (χ4n) is 2.57. The van der Waals surface area contributed by atoms with E-state index >= 15 is 0 Å². The highest BCUT2D eigenvalue weighted by atomic mass is 32.2. The summed E-state index contributed by atoms with van der Waals surface area (Å²) in [6, 6.07) is 0.900. The van der Waals surface area contributed by atoms with E-state index in [4.69, 9.17) is 5.14 Å². The van der Waals surface area contributed by atoms with Crippen LogP contribution in [-0.2, 0) is 16.2 Å². The van der Waals surface area contributed by atoms with Gasteiger partial charge in [-0.1, -0.05) is 0 Å². The maximum Gasteiger partial charge on any atom is 0.433 e. The molecule has 1 saturated heterocycles. The topological polar surface area (TPSA) is 92.4 Å². The number of nitrogens with zero attached hydrogens (tertiary/aromatic N) is 4. The van der Waals surface area contributed by atoms with Gasteiger partial charge in [-0.15, -0.1) is 0 Å². The predicted molar refractivity (Wildman–Crippen MR) is 84.3 cm³/mol. The third-order valence-electron chi connectivity index (χ3n) is 3.81. The van der Waals surface area contributed by atoms with Gasteiger partial charge in [-0.3, -0.25) is 0 Å². The van der Waals surface area contributed by atoms with Crippen molar-refractivity contribution in [2.24, 2.45) is 11.1 Å². The molecule has 0 aromatic carbocycles. The summed E-state index contributed by atoms with van der Waals surface area (Å²) >= 11 is 0. The second-order valence-electron chi connectivity index (χ2n) is 6.06. The van der Waals surface area contributed by atoms with Crippen molar-refractivity contribution in [1.82, 2.24) is 9.97 Å². The van der Waals surface area contributed by atoms with E-state index in [-0.39, 0.29) is 23.4 Å². The standard InChI is InChI=1S/C13H20F3N5O2S/c1-20(2)11-7-10(13(14,15)16)18-12(19-11)21-5-3-9(4-6-21)8-24(17,22)23/h7,9H,3-6,8H2,1-2H3,(H2,17,22,23). The summed E-state index contributed by atoms with van der Waals surface area (Å²) in [5, 5.41) is 5.04. The smallest absolute Gasteiger partial charge is 0.363 e. The lowest BCUT2D eigenvalue weighted by atomic mass is 9.99. The van der Waals surface area contributed by atoms with E-state index in [0.717, 1.165) is 6.07 Å². The highest BCUT2D eigenvalue weighted by Crippen LogP contribution is 2.31. The van der Waals surface area contributed by atoms with Crippen LogP contribution in [0.2, 0.25) is 0 Å². The minimum Gasteiger partial charge on any atom is -0.363 e. The lowest BCUT2D eigenvalue weighted by Crippen LogP contribution is -2.38. The first-order valence-electron chi connectivity index (χ1n) is 7.35. The molecule has 0 saturated carbocycles. The monoisotopic (exact) mass is 367 g/mol. The van der Waals surface area contributed by atoms with Crippen molar-refractivity contribution in [3.8, 4) is 0 Å². The fraction of sp³-hybridized carbons (Fsp3) is 0.692. The van der Waals surface area contributed by atoms with Gasteiger partial charge < -0.3 is 9.80 Å². The van der Waals surface area contributed by atoms with Crippen LogP contribution in [0.1, 0.15) is 18.5 Å². The molecule has 0 atom stereocenters. The number of aromatic nitrogens is 2. The van der Waals surface area contributed by atoms with Crippen molar-refractivity contribution < 1.29 is 21.6 Å². The van der Waals surface area contributed by atoms with Crippen molar-refractivity contribution in [2.45, 2.75) is 19.0 Å². The van der Waals surface area contributed by atoms with E-state index in [9.17, 15) is 21.6 Å². The molecule has 0 bridgehead atoms. The molecule has 1 aliphatic rings. The Bertz CT molecular complexity index is 685. The predicted octanol–water partition coefficient (Wildman–Crippen LogP) is 1.07. The van der Waals surface area contributed by atoms with Crippen LogP contribution in [0.5, 0.6) is 0 Å². The van der Waals surface area contributed by atoms with Crippen molar-refractivity contribution in [3.63, 3.8) is 0 Å². The number of sulfonamides is 1. The number of hydrogen-bond donors (Lipinski definition) is 1. The highest BCUT2D eigenvalue weighted by Gasteiger charge is 2.35. The van der Waals surface area contributed by atoms with Crippen LogP contribution in [0.3, 0.4) is 0 Å². The molecule has 2 N–H and O–H groups in total. The number of halogens is 3. The van der Waals surface area contributed by atoms with Crippen LogP contribution in [0.4, 0.5) is 24.9 Å². The van der Waals surface area contributed by atoms with Crippen molar-refractivity contribution >= 4 is 21.8 Å². The first-order chi connectivity index (χ1) is 11.0. The lowest BCUT2D eigenvalue weighted by Gasteiger charge is -2.32. The zero-order chi connectivity index (χ0) is 18.1. The summed E-state index contributed by atoms with van der Waals surface area (Å²) in [6.45, 7) is 0.767. The zero-order valence-corrected chi connectivity index (χ0v) is 14.2. The average Bonchev–Trinajstić information content (AvgIpc) is 2.45. The molecule has 1 aromatic heterocycles. The van der Waals surface area contributed by atoms with Gasteiger partial charge in [0.2, 0.25) is 16.0 Å². The molecular formula is C13H20F3N5O2S. The van der Waals surface area contributed by atoms with Gasteiger partial charge in [0.25, 0.3) is 0 Å². The molecule has 0 spiro atoms. The van der Waals surface area contributed by atoms with Crippen LogP contribution in [0, 0.1) is 5.92 Å². The number of nitrogens with two attached hydrogens (primary N) is 1. The fourth-order valence-corrected chi connectivity index (χ4v) is 3.56. The van der Waals surface area contributed by atoms with Crippen molar-refractivity contribution in [2.75, 3.05) is 42.7 Å². The number of piperidine rings is 1. The number of alkyl halides is 3. The summed E-state index contributed by atoms with van der Waals surface area (Å²) in [4.78, 5) is 10.9. The first-order valence-corrected chi connectivity index (χ1v) is 9.06. The van der Waals surface area contributed by atoms with E-state index in [0.29, 0.717) is 25.9 Å². The van der Waals surface area contributed by atoms with E-state index in [2.05, 4.69) is 9.97 Å². The Morgan fingerprint density at radius 2 is 1.88 bits per heavy atom. The van der Waals surface area contributed by atoms with Gasteiger partial charge in [-0.25, -0.2) is 18.5 Å². The van der Waals surface area contributed by atoms with Gasteiger partial charge in [0, 0.05) is 33.3 Å². The number of hydrogen-bond acceptors (Lipinski definition) is 6. The third-order valence-corrected chi connectivity index (χ3v) is 4.75. The molecule has 7 nitrogen and oxygen atoms in total. The summed E-state index contributed by atoms with van der Waals surface area (Å²) in [5.74, 6) is -0.0512. The molecule has 0 aliphatic carbocycles. The Hall–Kier alpha value is -1.62. The summed E-state index contributed by atoms with van der Waals surface area (Å²) in [6.07, 6.45) is -3.55. The summed E-state index contributed by atoms with van der Waals surface area (Å²) < 4.78 is 61.3. The Morgan fingerprint density at radius 1 is 1.29 bits per heavy atom. The molecule has 0 unspecified atom stereocenters. The first kappa shape index (κ1) is 18.7. The van der Waals surface area contributed by atoms with Crippen LogP contribution < -0.4 is 14.9 Å². The number of rotatable bonds is 4. The van der Waals surface area contributed by atoms with Crippen LogP contribution in [-0.4, -0.2) is 51.3 Å². The van der Waals surface area contributed by atoms with E-state index < -0.39 is 21.9 Å². The molecule has 136 valence electrons. The van der Waals surface area contributed by atoms with E-state index in [1.807, 2.05) is 0 Å². The second kappa shape index (κ2) is 6.71. The minimum absolute atomic E-state index is 0.00239. The summed E-state index contributed by atoms with van der Waals surface area (Å²) in [7, 11) is -0.352. The second-order valence-corrected chi connectivity index (χ2v) is 7.72. The SMILES string of the molecule is CN(C)c1cc(C(F)(F)F)nc(N2CCC(CS(N)(=O)=O)CC2)n1. The Kier molecular flexibility index (Phi) is 5.23. The Labute approximate surface area is 138 Å². The minimum atomic E-state index is -4.56. The number of anilines is 2. The van der Waals surface area contributed by atoms with Gasteiger partial charge in [-0.2, -0.15) is 18.2 Å². The molecular weight excluding hydrogens is 347 g/mol. The highest BCUT2D eigenvalue weighted by molar-refractivity contribution is 7.89. The van der Waals surface area contributed by atoms with Crippen LogP contribution in [0.15, 0.2) is 6.07 Å². The van der Waals surface area contributed by atoms with Gasteiger partial charge in [0.05, 0.1) is 5.75 Å². The van der Waals surface area contributed by atoms with Gasteiger partial charge in [-0.05, 0) is 18.8 Å². The summed E-state index contributed by atoms with van der Waals surface area (Å²) in [5.41, 5.74) is -0.997. The van der Waals surface area contributed by atoms with E-state index in [1.54, 1.807) is 19.0 Å². The molecule has 1 aliphatic heterocycles. The van der Waals surface area contributed by atoms with Crippen molar-refractivity contribution in [3.05, 3.63) is 11.8 Å². The van der Waals surface area contributed by atoms with Gasteiger partial charge in [0.15, 0.2) is 5.69 Å². The average molecular weight is 367 g/mol. The maximum atomic E-state index is 13.0. The van der Waals surface area contributed by atoms with Crippen LogP contribution in [0.25, 0.3) is 0 Å². The Balaban J connectivity index is 2.19. The van der Waals surface area contributed by atoms with Crippen molar-refractivity contribution in [1.29, 1.82) is 0 Å². The molecule has 11 heteroatoms. The molecule has 1 aromatic rings. The molecule has 0 amide bonds. The largest absolute Gasteiger partial charge is 0.433 e. The zero-order valence-electron chi connectivity index (χ0n) is 13.4.